The second-order valence-corrected chi connectivity index (χ2v) is 6.69. The average molecular weight is 513 g/mol. The van der Waals surface area contributed by atoms with Gasteiger partial charge >= 0.3 is 0 Å². The third kappa shape index (κ3) is 7.96. The fourth-order valence-electron chi connectivity index (χ4n) is 2.61. The fourth-order valence-corrected chi connectivity index (χ4v) is 2.61. The summed E-state index contributed by atoms with van der Waals surface area (Å²) in [6, 6.07) is 10.7. The Morgan fingerprint density at radius 1 is 1.31 bits per heavy atom. The predicted octanol–water partition coefficient (Wildman–Crippen LogP) is 3.07. The Hall–Kier alpha value is -2.23. The molecule has 0 saturated heterocycles. The minimum atomic E-state index is -0.237. The standard InChI is InChI=1S/C21H28FN5O.HI/c1-15-8-9-17(13-19(15)22)16(2)26-21(23-3)25-14-20(28)27(4)12-10-18-7-5-6-11-24-18;/h5-9,11,13,16H,10,12,14H2,1-4H3,(H2,23,25,26);1H. The fraction of sp³-hybridized carbons (Fsp3) is 0.381. The number of nitrogens with one attached hydrogen (secondary N) is 2. The van der Waals surface area contributed by atoms with Gasteiger partial charge in [-0.2, -0.15) is 0 Å². The lowest BCUT2D eigenvalue weighted by Crippen LogP contribution is -2.44. The maximum atomic E-state index is 13.8. The number of guanidine groups is 1. The quantitative estimate of drug-likeness (QED) is 0.339. The zero-order chi connectivity index (χ0) is 20.5. The van der Waals surface area contributed by atoms with Crippen LogP contribution in [0, 0.1) is 12.7 Å². The van der Waals surface area contributed by atoms with E-state index in [1.807, 2.05) is 31.2 Å². The lowest BCUT2D eigenvalue weighted by Gasteiger charge is -2.21. The summed E-state index contributed by atoms with van der Waals surface area (Å²) < 4.78 is 13.8. The highest BCUT2D eigenvalue weighted by molar-refractivity contribution is 14.0. The van der Waals surface area contributed by atoms with E-state index < -0.39 is 0 Å². The molecule has 1 amide bonds. The van der Waals surface area contributed by atoms with Crippen molar-refractivity contribution < 1.29 is 9.18 Å². The molecule has 0 aliphatic carbocycles. The van der Waals surface area contributed by atoms with E-state index in [1.54, 1.807) is 38.2 Å². The number of pyridine rings is 1. The Morgan fingerprint density at radius 2 is 2.07 bits per heavy atom. The molecule has 2 rings (SSSR count). The minimum absolute atomic E-state index is 0. The maximum Gasteiger partial charge on any atom is 0.241 e. The van der Waals surface area contributed by atoms with Crippen LogP contribution in [0.2, 0.25) is 0 Å². The topological polar surface area (TPSA) is 69.6 Å². The van der Waals surface area contributed by atoms with Crippen LogP contribution in [0.4, 0.5) is 4.39 Å². The number of rotatable bonds is 7. The van der Waals surface area contributed by atoms with Gasteiger partial charge in [-0.25, -0.2) is 4.39 Å². The van der Waals surface area contributed by atoms with E-state index in [0.29, 0.717) is 24.5 Å². The van der Waals surface area contributed by atoms with Gasteiger partial charge in [-0.15, -0.1) is 24.0 Å². The number of aryl methyl sites for hydroxylation is 1. The second-order valence-electron chi connectivity index (χ2n) is 6.69. The van der Waals surface area contributed by atoms with Crippen molar-refractivity contribution in [3.63, 3.8) is 0 Å². The van der Waals surface area contributed by atoms with Crippen molar-refractivity contribution >= 4 is 35.8 Å². The summed E-state index contributed by atoms with van der Waals surface area (Å²) in [5.41, 5.74) is 2.37. The van der Waals surface area contributed by atoms with E-state index >= 15 is 0 Å². The second kappa shape index (κ2) is 12.4. The molecular formula is C21H29FIN5O. The van der Waals surface area contributed by atoms with Crippen LogP contribution in [0.25, 0.3) is 0 Å². The van der Waals surface area contributed by atoms with Crippen molar-refractivity contribution in [2.24, 2.45) is 4.99 Å². The lowest BCUT2D eigenvalue weighted by molar-refractivity contribution is -0.128. The molecule has 0 aliphatic heterocycles. The molecular weight excluding hydrogens is 484 g/mol. The first-order valence-electron chi connectivity index (χ1n) is 9.27. The van der Waals surface area contributed by atoms with Crippen LogP contribution in [0.1, 0.15) is 29.8 Å². The van der Waals surface area contributed by atoms with Gasteiger partial charge in [0.2, 0.25) is 5.91 Å². The van der Waals surface area contributed by atoms with Gasteiger partial charge in [-0.1, -0.05) is 18.2 Å². The molecule has 0 bridgehead atoms. The number of halogens is 2. The smallest absolute Gasteiger partial charge is 0.241 e. The summed E-state index contributed by atoms with van der Waals surface area (Å²) in [5, 5.41) is 6.19. The number of amides is 1. The van der Waals surface area contributed by atoms with Crippen LogP contribution in [0.3, 0.4) is 0 Å². The Bertz CT molecular complexity index is 816. The molecule has 0 saturated carbocycles. The van der Waals surface area contributed by atoms with Crippen molar-refractivity contribution in [3.8, 4) is 0 Å². The van der Waals surface area contributed by atoms with E-state index in [-0.39, 0.29) is 48.3 Å². The summed E-state index contributed by atoms with van der Waals surface area (Å²) in [7, 11) is 3.40. The molecule has 158 valence electrons. The normalized spacial score (nSPS) is 12.0. The van der Waals surface area contributed by atoms with Crippen molar-refractivity contribution in [3.05, 3.63) is 65.2 Å². The van der Waals surface area contributed by atoms with Crippen molar-refractivity contribution in [2.75, 3.05) is 27.2 Å². The Kier molecular flexibility index (Phi) is 10.6. The molecule has 1 aromatic carbocycles. The van der Waals surface area contributed by atoms with E-state index in [1.165, 1.54) is 6.07 Å². The van der Waals surface area contributed by atoms with Crippen LogP contribution in [-0.2, 0) is 11.2 Å². The molecule has 1 unspecified atom stereocenters. The SMILES string of the molecule is CN=C(NCC(=O)N(C)CCc1ccccn1)NC(C)c1ccc(C)c(F)c1.I. The molecule has 0 radical (unpaired) electrons. The average Bonchev–Trinajstić information content (AvgIpc) is 2.71. The first kappa shape index (κ1) is 24.8. The molecule has 6 nitrogen and oxygen atoms in total. The van der Waals surface area contributed by atoms with Crippen LogP contribution >= 0.6 is 24.0 Å². The Morgan fingerprint density at radius 3 is 2.69 bits per heavy atom. The van der Waals surface area contributed by atoms with Crippen LogP contribution < -0.4 is 10.6 Å². The van der Waals surface area contributed by atoms with E-state index in [2.05, 4.69) is 20.6 Å². The van der Waals surface area contributed by atoms with Crippen molar-refractivity contribution in [2.45, 2.75) is 26.3 Å². The monoisotopic (exact) mass is 513 g/mol. The predicted molar refractivity (Wildman–Crippen MR) is 125 cm³/mol. The molecule has 2 N–H and O–H groups in total. The van der Waals surface area contributed by atoms with Gasteiger partial charge in [-0.3, -0.25) is 14.8 Å². The first-order valence-corrected chi connectivity index (χ1v) is 9.27. The van der Waals surface area contributed by atoms with Crippen LogP contribution in [-0.4, -0.2) is 48.9 Å². The number of hydrogen-bond donors (Lipinski definition) is 2. The van der Waals surface area contributed by atoms with Gasteiger partial charge in [0, 0.05) is 39.0 Å². The summed E-state index contributed by atoms with van der Waals surface area (Å²) >= 11 is 0. The first-order chi connectivity index (χ1) is 13.4. The third-order valence-electron chi connectivity index (χ3n) is 4.54. The summed E-state index contributed by atoms with van der Waals surface area (Å²) in [4.78, 5) is 22.4. The molecule has 8 heteroatoms. The number of likely N-dealkylation sites (N-methyl/N-ethyl adjacent to an activating group) is 1. The molecule has 1 atom stereocenters. The zero-order valence-corrected chi connectivity index (χ0v) is 19.6. The van der Waals surface area contributed by atoms with E-state index in [9.17, 15) is 9.18 Å². The molecule has 0 spiro atoms. The highest BCUT2D eigenvalue weighted by atomic mass is 127. The van der Waals surface area contributed by atoms with Gasteiger partial charge in [0.25, 0.3) is 0 Å². The number of nitrogens with zero attached hydrogens (tertiary/aromatic N) is 3. The lowest BCUT2D eigenvalue weighted by atomic mass is 10.1. The third-order valence-corrected chi connectivity index (χ3v) is 4.54. The van der Waals surface area contributed by atoms with Gasteiger partial charge in [0.05, 0.1) is 12.6 Å². The summed E-state index contributed by atoms with van der Waals surface area (Å²) in [6.07, 6.45) is 2.45. The summed E-state index contributed by atoms with van der Waals surface area (Å²) in [6.45, 7) is 4.35. The number of carbonyl (C=O) groups excluding carboxylic acids is 1. The Labute approximate surface area is 189 Å². The van der Waals surface area contributed by atoms with E-state index in [0.717, 1.165) is 11.3 Å². The van der Waals surface area contributed by atoms with Crippen molar-refractivity contribution in [1.82, 2.24) is 20.5 Å². The summed E-state index contributed by atoms with van der Waals surface area (Å²) in [5.74, 6) is 0.201. The molecule has 1 aromatic heterocycles. The number of aliphatic imine (C=N–C) groups is 1. The molecule has 0 fully saturated rings. The largest absolute Gasteiger partial charge is 0.350 e. The number of aromatic nitrogens is 1. The highest BCUT2D eigenvalue weighted by Crippen LogP contribution is 2.16. The number of benzene rings is 1. The number of hydrogen-bond acceptors (Lipinski definition) is 3. The maximum absolute atomic E-state index is 13.8. The molecule has 2 aromatic rings. The minimum Gasteiger partial charge on any atom is -0.350 e. The van der Waals surface area contributed by atoms with E-state index in [4.69, 9.17) is 0 Å². The number of carbonyl (C=O) groups is 1. The molecule has 0 aliphatic rings. The van der Waals surface area contributed by atoms with Crippen molar-refractivity contribution in [1.29, 1.82) is 0 Å². The van der Waals surface area contributed by atoms with Gasteiger partial charge in [0.15, 0.2) is 5.96 Å². The molecule has 29 heavy (non-hydrogen) atoms. The van der Waals surface area contributed by atoms with Gasteiger partial charge in [0.1, 0.15) is 5.82 Å². The highest BCUT2D eigenvalue weighted by Gasteiger charge is 2.13. The van der Waals surface area contributed by atoms with Crippen LogP contribution in [0.5, 0.6) is 0 Å². The van der Waals surface area contributed by atoms with Gasteiger partial charge in [-0.05, 0) is 43.2 Å². The Balaban J connectivity index is 0.00000420. The zero-order valence-electron chi connectivity index (χ0n) is 17.3. The van der Waals surface area contributed by atoms with Gasteiger partial charge < -0.3 is 15.5 Å². The van der Waals surface area contributed by atoms with Crippen LogP contribution in [0.15, 0.2) is 47.6 Å². The molecule has 1 heterocycles.